The summed E-state index contributed by atoms with van der Waals surface area (Å²) >= 11 is 0. The zero-order chi connectivity index (χ0) is 30.2. The highest BCUT2D eigenvalue weighted by Crippen LogP contribution is 2.28. The fourth-order valence-corrected chi connectivity index (χ4v) is 5.35. The Hall–Kier alpha value is -4.32. The lowest BCUT2D eigenvalue weighted by molar-refractivity contribution is -0.145. The van der Waals surface area contributed by atoms with E-state index in [1.165, 1.54) is 14.0 Å². The Morgan fingerprint density at radius 2 is 1.67 bits per heavy atom. The minimum Gasteiger partial charge on any atom is -0.467 e. The van der Waals surface area contributed by atoms with Crippen molar-refractivity contribution in [3.05, 3.63) is 47.5 Å². The van der Waals surface area contributed by atoms with Gasteiger partial charge in [0.15, 0.2) is 5.96 Å². The number of halogens is 1. The number of carbonyl (C=O) groups is 4. The molecule has 3 amide bonds. The average Bonchev–Trinajstić information content (AvgIpc) is 3.31. The Morgan fingerprint density at radius 3 is 2.33 bits per heavy atom. The number of nitrogens with two attached hydrogens (primary N) is 2. The molecule has 3 aromatic rings. The molecule has 8 N–H and O–H groups in total. The maximum Gasteiger partial charge on any atom is 0.328 e. The average molecular weight is 614 g/mol. The van der Waals surface area contributed by atoms with Crippen LogP contribution in [-0.4, -0.2) is 66.4 Å². The molecule has 1 unspecified atom stereocenters. The number of nitrogens with zero attached hydrogens (tertiary/aromatic N) is 1. The fraction of sp³-hybridized carbons (Fsp3) is 0.433. The fourth-order valence-electron chi connectivity index (χ4n) is 5.35. The number of carbonyl (C=O) groups excluding carboxylic acids is 4. The second-order valence-electron chi connectivity index (χ2n) is 10.7. The molecular formula is C30H40ClN7O5. The highest BCUT2D eigenvalue weighted by atomic mass is 35.5. The Balaban J connectivity index is 0.00000506. The van der Waals surface area contributed by atoms with E-state index in [1.54, 1.807) is 0 Å². The minimum absolute atomic E-state index is 0. The molecule has 0 aliphatic carbocycles. The standard InChI is InChI=1S/C30H39N7O5.ClH/c1-17(38)34-26-16-19-10-12-23-21(15-19)20-14-18(9-11-22(20)35-23)6-3-4-7-25(29(41)42-2)37-27(39)24(36-28(26)40)8-5-13-33-30(31)32;/h9-12,14-15,24-26,35H,3-8,13,16H2,1-2H3,(H,34,38)(H,36,40)(H,37,39)(H4,31,32,33);1H/t24-,25-,26?;/m0./s1. The third kappa shape index (κ3) is 8.84. The molecule has 0 radical (unpaired) electrons. The van der Waals surface area contributed by atoms with E-state index >= 15 is 0 Å². The minimum atomic E-state index is -0.999. The summed E-state index contributed by atoms with van der Waals surface area (Å²) in [6, 6.07) is 9.40. The zero-order valence-corrected chi connectivity index (χ0v) is 25.2. The third-order valence-corrected chi connectivity index (χ3v) is 7.45. The summed E-state index contributed by atoms with van der Waals surface area (Å²) in [4.78, 5) is 59.0. The van der Waals surface area contributed by atoms with Crippen LogP contribution in [-0.2, 0) is 36.8 Å². The highest BCUT2D eigenvalue weighted by molar-refractivity contribution is 6.07. The van der Waals surface area contributed by atoms with Gasteiger partial charge in [-0.05, 0) is 67.5 Å². The number of benzene rings is 2. The summed E-state index contributed by atoms with van der Waals surface area (Å²) < 4.78 is 4.95. The van der Waals surface area contributed by atoms with Crippen LogP contribution in [0, 0.1) is 0 Å². The number of hydrogen-bond acceptors (Lipinski definition) is 6. The van der Waals surface area contributed by atoms with Gasteiger partial charge in [0, 0.05) is 41.7 Å². The van der Waals surface area contributed by atoms with Crippen LogP contribution in [0.2, 0.25) is 0 Å². The number of aliphatic imine (C=N–C) groups is 1. The molecule has 0 fully saturated rings. The van der Waals surface area contributed by atoms with Gasteiger partial charge in [-0.15, -0.1) is 12.4 Å². The zero-order valence-electron chi connectivity index (χ0n) is 24.4. The highest BCUT2D eigenvalue weighted by Gasteiger charge is 2.30. The van der Waals surface area contributed by atoms with Crippen molar-refractivity contribution in [3.63, 3.8) is 0 Å². The van der Waals surface area contributed by atoms with Crippen molar-refractivity contribution in [1.82, 2.24) is 20.9 Å². The first-order valence-corrected chi connectivity index (χ1v) is 14.2. The second-order valence-corrected chi connectivity index (χ2v) is 10.7. The van der Waals surface area contributed by atoms with Crippen LogP contribution >= 0.6 is 12.4 Å². The lowest BCUT2D eigenvalue weighted by Crippen LogP contribution is -2.56. The van der Waals surface area contributed by atoms with Crippen molar-refractivity contribution in [2.75, 3.05) is 13.7 Å². The Labute approximate surface area is 256 Å². The van der Waals surface area contributed by atoms with Crippen LogP contribution in [0.4, 0.5) is 0 Å². The van der Waals surface area contributed by atoms with E-state index in [0.717, 1.165) is 45.8 Å². The molecule has 1 aliphatic rings. The van der Waals surface area contributed by atoms with Crippen molar-refractivity contribution in [1.29, 1.82) is 0 Å². The molecule has 1 aromatic heterocycles. The number of aromatic amines is 1. The molecule has 4 bridgehead atoms. The first-order valence-electron chi connectivity index (χ1n) is 14.2. The van der Waals surface area contributed by atoms with Gasteiger partial charge in [0.2, 0.25) is 17.7 Å². The number of aromatic nitrogens is 1. The van der Waals surface area contributed by atoms with Gasteiger partial charge in [-0.2, -0.15) is 0 Å². The van der Waals surface area contributed by atoms with E-state index < -0.39 is 35.9 Å². The summed E-state index contributed by atoms with van der Waals surface area (Å²) in [6.45, 7) is 1.59. The van der Waals surface area contributed by atoms with Gasteiger partial charge in [-0.1, -0.05) is 18.6 Å². The number of ether oxygens (including phenoxy) is 1. The van der Waals surface area contributed by atoms with Crippen molar-refractivity contribution in [2.45, 2.75) is 70.0 Å². The molecule has 4 rings (SSSR count). The number of H-pyrrole nitrogens is 1. The van der Waals surface area contributed by atoms with Crippen molar-refractivity contribution < 1.29 is 23.9 Å². The summed E-state index contributed by atoms with van der Waals surface area (Å²) in [5.74, 6) is -2.07. The van der Waals surface area contributed by atoms with Gasteiger partial charge in [0.25, 0.3) is 0 Å². The van der Waals surface area contributed by atoms with E-state index in [1.807, 2.05) is 18.2 Å². The van der Waals surface area contributed by atoms with Crippen LogP contribution in [0.5, 0.6) is 0 Å². The lowest BCUT2D eigenvalue weighted by Gasteiger charge is -2.25. The predicted molar refractivity (Wildman–Crippen MR) is 168 cm³/mol. The summed E-state index contributed by atoms with van der Waals surface area (Å²) in [7, 11) is 1.27. The van der Waals surface area contributed by atoms with E-state index in [4.69, 9.17) is 16.2 Å². The Kier molecular flexibility index (Phi) is 11.8. The maximum absolute atomic E-state index is 13.5. The maximum atomic E-state index is 13.5. The van der Waals surface area contributed by atoms with Gasteiger partial charge in [0.1, 0.15) is 18.1 Å². The predicted octanol–water partition coefficient (Wildman–Crippen LogP) is 1.71. The SMILES string of the molecule is COC(=O)[C@@H]1CCCCc2ccc3[nH]c4ccc(cc4c3c2)CC(NC(C)=O)C(=O)N[C@@H](CCCN=C(N)N)C(=O)N1.Cl. The lowest BCUT2D eigenvalue weighted by atomic mass is 9.99. The first kappa shape index (κ1) is 33.2. The number of methoxy groups -OCH3 is 1. The number of rotatable bonds is 6. The van der Waals surface area contributed by atoms with E-state index in [2.05, 4.69) is 44.1 Å². The first-order chi connectivity index (χ1) is 20.1. The summed E-state index contributed by atoms with van der Waals surface area (Å²) in [6.07, 6.45) is 3.46. The summed E-state index contributed by atoms with van der Waals surface area (Å²) in [5.41, 5.74) is 14.8. The molecule has 0 spiro atoms. The summed E-state index contributed by atoms with van der Waals surface area (Å²) in [5, 5.41) is 10.4. The number of guanidine groups is 1. The molecule has 232 valence electrons. The molecule has 13 heteroatoms. The molecule has 1 aliphatic heterocycles. The van der Waals surface area contributed by atoms with Crippen LogP contribution in [0.1, 0.15) is 50.2 Å². The molecular weight excluding hydrogens is 574 g/mol. The van der Waals surface area contributed by atoms with E-state index in [0.29, 0.717) is 19.3 Å². The smallest absolute Gasteiger partial charge is 0.328 e. The van der Waals surface area contributed by atoms with Gasteiger partial charge >= 0.3 is 5.97 Å². The molecule has 43 heavy (non-hydrogen) atoms. The third-order valence-electron chi connectivity index (χ3n) is 7.45. The number of fused-ring (bicyclic) bond motifs is 2. The number of amides is 3. The molecule has 3 atom stereocenters. The number of nitrogens with one attached hydrogen (secondary N) is 4. The molecule has 12 nitrogen and oxygen atoms in total. The van der Waals surface area contributed by atoms with E-state index in [9.17, 15) is 19.2 Å². The number of hydrogen-bond donors (Lipinski definition) is 6. The van der Waals surface area contributed by atoms with Crippen molar-refractivity contribution in [2.24, 2.45) is 16.5 Å². The van der Waals surface area contributed by atoms with Crippen LogP contribution in [0.3, 0.4) is 0 Å². The monoisotopic (exact) mass is 613 g/mol. The molecule has 2 aromatic carbocycles. The van der Waals surface area contributed by atoms with Crippen molar-refractivity contribution in [3.8, 4) is 0 Å². The second kappa shape index (κ2) is 15.2. The van der Waals surface area contributed by atoms with Crippen LogP contribution in [0.15, 0.2) is 41.4 Å². The topological polar surface area (TPSA) is 194 Å². The largest absolute Gasteiger partial charge is 0.467 e. The van der Waals surface area contributed by atoms with Gasteiger partial charge in [-0.25, -0.2) is 4.79 Å². The van der Waals surface area contributed by atoms with E-state index in [-0.39, 0.29) is 43.7 Å². The molecule has 2 heterocycles. The Morgan fingerprint density at radius 1 is 1.00 bits per heavy atom. The van der Waals surface area contributed by atoms with Gasteiger partial charge in [-0.3, -0.25) is 19.4 Å². The Bertz CT molecular complexity index is 1500. The molecule has 0 saturated carbocycles. The van der Waals surface area contributed by atoms with Gasteiger partial charge < -0.3 is 37.1 Å². The number of aryl methyl sites for hydroxylation is 1. The normalized spacial score (nSPS) is 19.6. The van der Waals surface area contributed by atoms with Crippen LogP contribution < -0.4 is 27.4 Å². The number of esters is 1. The quantitative estimate of drug-likeness (QED) is 0.105. The van der Waals surface area contributed by atoms with Crippen molar-refractivity contribution >= 4 is 63.9 Å². The van der Waals surface area contributed by atoms with Gasteiger partial charge in [0.05, 0.1) is 7.11 Å². The van der Waals surface area contributed by atoms with Crippen LogP contribution in [0.25, 0.3) is 21.8 Å². The molecule has 0 saturated heterocycles.